The monoisotopic (exact) mass is 375 g/mol. The van der Waals surface area contributed by atoms with Crippen LogP contribution in [0, 0.1) is 6.92 Å². The maximum Gasteiger partial charge on any atom is 0.495 e. The number of hydrogen-bond acceptors (Lipinski definition) is 3. The zero-order valence-corrected chi connectivity index (χ0v) is 17.2. The van der Waals surface area contributed by atoms with Crippen LogP contribution in [0.1, 0.15) is 43.6 Å². The number of aryl methyl sites for hydroxylation is 1. The highest BCUT2D eigenvalue weighted by atomic mass is 16.7. The van der Waals surface area contributed by atoms with Crippen LogP contribution in [-0.2, 0) is 15.7 Å². The predicted molar refractivity (Wildman–Crippen MR) is 113 cm³/mol. The maximum atomic E-state index is 12.7. The zero-order valence-electron chi connectivity index (χ0n) is 17.2. The molecule has 0 N–H and O–H groups in total. The van der Waals surface area contributed by atoms with Gasteiger partial charge in [0.1, 0.15) is 0 Å². The molecule has 0 aliphatic carbocycles. The van der Waals surface area contributed by atoms with Gasteiger partial charge in [0, 0.05) is 12.4 Å². The second kappa shape index (κ2) is 6.61. The Morgan fingerprint density at radius 3 is 2.07 bits per heavy atom. The van der Waals surface area contributed by atoms with Crippen LogP contribution in [0.3, 0.4) is 0 Å². The van der Waals surface area contributed by atoms with Crippen molar-refractivity contribution >= 4 is 29.3 Å². The minimum absolute atomic E-state index is 0.0546. The fourth-order valence-electron chi connectivity index (χ4n) is 3.58. The number of nitrogens with zero attached hydrogens (tertiary/aromatic N) is 1. The van der Waals surface area contributed by atoms with Crippen LogP contribution >= 0.6 is 0 Å². The van der Waals surface area contributed by atoms with Crippen LogP contribution < -0.4 is 5.46 Å². The first kappa shape index (κ1) is 19.0. The van der Waals surface area contributed by atoms with Crippen LogP contribution in [0.2, 0.25) is 0 Å². The average molecular weight is 375 g/mol. The normalized spacial score (nSPS) is 18.0. The molecule has 0 spiro atoms. The molecule has 1 aromatic heterocycles. The summed E-state index contributed by atoms with van der Waals surface area (Å²) >= 11 is 0. The molecule has 4 rings (SSSR count). The number of carbonyl (C=O) groups is 1. The third-order valence-corrected chi connectivity index (χ3v) is 6.04. The highest BCUT2D eigenvalue weighted by molar-refractivity contribution is 6.62. The van der Waals surface area contributed by atoms with E-state index in [1.165, 1.54) is 0 Å². The first-order valence-corrected chi connectivity index (χ1v) is 9.71. The summed E-state index contributed by atoms with van der Waals surface area (Å²) in [6, 6.07) is 14.1. The molecule has 1 saturated heterocycles. The number of rotatable bonds is 3. The first-order valence-electron chi connectivity index (χ1n) is 9.71. The first-order chi connectivity index (χ1) is 13.2. The van der Waals surface area contributed by atoms with Crippen molar-refractivity contribution in [3.05, 3.63) is 66.0 Å². The van der Waals surface area contributed by atoms with E-state index in [1.807, 2.05) is 55.7 Å². The van der Waals surface area contributed by atoms with Crippen molar-refractivity contribution in [1.82, 2.24) is 4.57 Å². The van der Waals surface area contributed by atoms with Gasteiger partial charge < -0.3 is 9.31 Å². The molecule has 3 aromatic rings. The van der Waals surface area contributed by atoms with Gasteiger partial charge in [-0.15, -0.1) is 0 Å². The Bertz CT molecular complexity index is 1000. The smallest absolute Gasteiger partial charge is 0.399 e. The summed E-state index contributed by atoms with van der Waals surface area (Å²) in [6.07, 6.45) is 4.14. The van der Waals surface area contributed by atoms with Gasteiger partial charge in [-0.25, -0.2) is 0 Å². The Hall–Kier alpha value is -2.37. The fraction of sp³-hybridized carbons (Fsp3) is 0.348. The van der Waals surface area contributed by atoms with Crippen molar-refractivity contribution in [2.75, 3.05) is 0 Å². The second-order valence-corrected chi connectivity index (χ2v) is 8.64. The topological polar surface area (TPSA) is 40.5 Å². The molecule has 1 fully saturated rings. The van der Waals surface area contributed by atoms with Crippen molar-refractivity contribution in [3.63, 3.8) is 0 Å². The van der Waals surface area contributed by atoms with Gasteiger partial charge in [0.15, 0.2) is 0 Å². The van der Waals surface area contributed by atoms with Crippen LogP contribution in [-0.4, -0.2) is 28.8 Å². The van der Waals surface area contributed by atoms with E-state index in [9.17, 15) is 4.79 Å². The van der Waals surface area contributed by atoms with E-state index in [-0.39, 0.29) is 24.2 Å². The quantitative estimate of drug-likeness (QED) is 0.647. The largest absolute Gasteiger partial charge is 0.495 e. The summed E-state index contributed by atoms with van der Waals surface area (Å²) in [5.41, 5.74) is 2.34. The Morgan fingerprint density at radius 2 is 1.54 bits per heavy atom. The minimum Gasteiger partial charge on any atom is -0.399 e. The van der Waals surface area contributed by atoms with E-state index in [0.717, 1.165) is 27.4 Å². The summed E-state index contributed by atoms with van der Waals surface area (Å²) in [7, 11) is -0.385. The average Bonchev–Trinajstić information content (AvgIpc) is 3.13. The summed E-state index contributed by atoms with van der Waals surface area (Å²) < 4.78 is 14.0. The molecule has 1 aliphatic rings. The highest BCUT2D eigenvalue weighted by Crippen LogP contribution is 2.36. The molecule has 28 heavy (non-hydrogen) atoms. The lowest BCUT2D eigenvalue weighted by molar-refractivity contribution is 0.00578. The van der Waals surface area contributed by atoms with Gasteiger partial charge in [-0.3, -0.25) is 9.36 Å². The Morgan fingerprint density at radius 1 is 0.964 bits per heavy atom. The fourth-order valence-corrected chi connectivity index (χ4v) is 3.58. The number of benzene rings is 2. The standard InChI is InChI=1S/C23H26BNO3/c1-16-12-17(10-11-20(16)24-27-22(2,3)23(4,5)28-24)13-21(26)25-14-18-8-6-7-9-19(18)15-25/h6-12,14-15H,13H2,1-5H3. The third-order valence-electron chi connectivity index (χ3n) is 6.04. The zero-order chi connectivity index (χ0) is 20.1. The van der Waals surface area contributed by atoms with Crippen molar-refractivity contribution in [3.8, 4) is 0 Å². The molecule has 4 nitrogen and oxygen atoms in total. The number of aromatic nitrogens is 1. The maximum absolute atomic E-state index is 12.7. The van der Waals surface area contributed by atoms with Gasteiger partial charge >= 0.3 is 7.12 Å². The second-order valence-electron chi connectivity index (χ2n) is 8.64. The SMILES string of the molecule is Cc1cc(CC(=O)n2cc3ccccc3c2)ccc1B1OC(C)(C)C(C)(C)O1. The summed E-state index contributed by atoms with van der Waals surface area (Å²) in [4.78, 5) is 12.7. The number of fused-ring (bicyclic) bond motifs is 1. The van der Waals surface area contributed by atoms with Crippen molar-refractivity contribution in [2.24, 2.45) is 0 Å². The Labute approximate surface area is 166 Å². The molecule has 144 valence electrons. The van der Waals surface area contributed by atoms with Gasteiger partial charge in [-0.05, 0) is 56.4 Å². The summed E-state index contributed by atoms with van der Waals surface area (Å²) in [5, 5.41) is 2.14. The number of carbonyl (C=O) groups excluding carboxylic acids is 1. The van der Waals surface area contributed by atoms with Gasteiger partial charge in [-0.1, -0.05) is 48.0 Å². The molecule has 5 heteroatoms. The lowest BCUT2D eigenvalue weighted by atomic mass is 9.75. The van der Waals surface area contributed by atoms with E-state index in [2.05, 4.69) is 33.8 Å². The summed E-state index contributed by atoms with van der Waals surface area (Å²) in [5.74, 6) is 0.0546. The molecule has 0 saturated carbocycles. The Kier molecular flexibility index (Phi) is 4.48. The molecule has 2 aromatic carbocycles. The highest BCUT2D eigenvalue weighted by Gasteiger charge is 2.52. The van der Waals surface area contributed by atoms with Crippen molar-refractivity contribution in [1.29, 1.82) is 0 Å². The Balaban J connectivity index is 1.52. The molecule has 2 heterocycles. The molecule has 0 atom stereocenters. The van der Waals surface area contributed by atoms with E-state index in [4.69, 9.17) is 9.31 Å². The third kappa shape index (κ3) is 3.29. The summed E-state index contributed by atoms with van der Waals surface area (Å²) in [6.45, 7) is 10.2. The molecule has 0 bridgehead atoms. The van der Waals surface area contributed by atoms with Gasteiger partial charge in [0.25, 0.3) is 0 Å². The van der Waals surface area contributed by atoms with Gasteiger partial charge in [-0.2, -0.15) is 0 Å². The lowest BCUT2D eigenvalue weighted by Gasteiger charge is -2.32. The van der Waals surface area contributed by atoms with Crippen LogP contribution in [0.4, 0.5) is 0 Å². The van der Waals surface area contributed by atoms with E-state index >= 15 is 0 Å². The van der Waals surface area contributed by atoms with Gasteiger partial charge in [0.05, 0.1) is 17.6 Å². The molecule has 0 radical (unpaired) electrons. The molecule has 0 unspecified atom stereocenters. The molecular formula is C23H26BNO3. The van der Waals surface area contributed by atoms with Crippen LogP contribution in [0.5, 0.6) is 0 Å². The van der Waals surface area contributed by atoms with Crippen LogP contribution in [0.25, 0.3) is 10.8 Å². The van der Waals surface area contributed by atoms with E-state index < -0.39 is 0 Å². The van der Waals surface area contributed by atoms with Crippen molar-refractivity contribution in [2.45, 2.75) is 52.2 Å². The lowest BCUT2D eigenvalue weighted by Crippen LogP contribution is -2.41. The molecule has 1 aliphatic heterocycles. The minimum atomic E-state index is -0.385. The predicted octanol–water partition coefficient (Wildman–Crippen LogP) is 4.13. The van der Waals surface area contributed by atoms with Gasteiger partial charge in [0.2, 0.25) is 5.91 Å². The molecule has 0 amide bonds. The van der Waals surface area contributed by atoms with Crippen LogP contribution in [0.15, 0.2) is 54.9 Å². The molecular weight excluding hydrogens is 349 g/mol. The number of hydrogen-bond donors (Lipinski definition) is 0. The van der Waals surface area contributed by atoms with Crippen molar-refractivity contribution < 1.29 is 14.1 Å². The van der Waals surface area contributed by atoms with E-state index in [0.29, 0.717) is 6.42 Å². The van der Waals surface area contributed by atoms with E-state index in [1.54, 1.807) is 4.57 Å².